The van der Waals surface area contributed by atoms with Crippen LogP contribution in [0.3, 0.4) is 0 Å². The Labute approximate surface area is 114 Å². The van der Waals surface area contributed by atoms with Crippen LogP contribution in [0.4, 0.5) is 5.13 Å². The van der Waals surface area contributed by atoms with E-state index in [-0.39, 0.29) is 5.91 Å². The number of hydrogen-bond donors (Lipinski definition) is 1. The van der Waals surface area contributed by atoms with Crippen molar-refractivity contribution in [3.8, 4) is 0 Å². The van der Waals surface area contributed by atoms with Crippen LogP contribution in [0.25, 0.3) is 0 Å². The second-order valence-electron chi connectivity index (χ2n) is 4.73. The fourth-order valence-electron chi connectivity index (χ4n) is 1.77. The van der Waals surface area contributed by atoms with Crippen molar-refractivity contribution in [2.75, 3.05) is 5.32 Å². The van der Waals surface area contributed by atoms with Crippen LogP contribution in [0.15, 0.2) is 0 Å². The summed E-state index contributed by atoms with van der Waals surface area (Å²) in [5, 5.41) is 3.61. The zero-order chi connectivity index (χ0) is 13.4. The quantitative estimate of drug-likeness (QED) is 0.708. The van der Waals surface area contributed by atoms with Gasteiger partial charge in [-0.2, -0.15) is 0 Å². The zero-order valence-electron chi connectivity index (χ0n) is 11.7. The lowest BCUT2D eigenvalue weighted by Gasteiger charge is -2.02. The molecule has 0 spiro atoms. The summed E-state index contributed by atoms with van der Waals surface area (Å²) in [7, 11) is 0. The summed E-state index contributed by atoms with van der Waals surface area (Å²) in [6, 6.07) is 0. The maximum atomic E-state index is 11.7. The minimum absolute atomic E-state index is 0.0965. The largest absolute Gasteiger partial charge is 0.302 e. The monoisotopic (exact) mass is 268 g/mol. The fourth-order valence-corrected chi connectivity index (χ4v) is 2.60. The third kappa shape index (κ3) is 5.63. The van der Waals surface area contributed by atoms with E-state index in [4.69, 9.17) is 0 Å². The molecule has 0 aromatic carbocycles. The summed E-state index contributed by atoms with van der Waals surface area (Å²) < 4.78 is 0. The third-order valence-electron chi connectivity index (χ3n) is 3.03. The van der Waals surface area contributed by atoms with Gasteiger partial charge in [-0.25, -0.2) is 4.98 Å². The minimum atomic E-state index is 0.0965. The Bertz CT molecular complexity index is 354. The molecule has 1 aromatic heterocycles. The van der Waals surface area contributed by atoms with Gasteiger partial charge in [0.05, 0.1) is 5.69 Å². The molecule has 18 heavy (non-hydrogen) atoms. The van der Waals surface area contributed by atoms with Crippen molar-refractivity contribution in [1.82, 2.24) is 4.98 Å². The number of anilines is 1. The summed E-state index contributed by atoms with van der Waals surface area (Å²) in [6.07, 6.45) is 7.87. The number of thiazole rings is 1. The predicted molar refractivity (Wildman–Crippen MR) is 78.2 cm³/mol. The second-order valence-corrected chi connectivity index (χ2v) is 5.93. The predicted octanol–water partition coefficient (Wildman–Crippen LogP) is 4.45. The van der Waals surface area contributed by atoms with E-state index in [1.165, 1.54) is 30.6 Å². The van der Waals surface area contributed by atoms with Crippen LogP contribution in [0, 0.1) is 13.8 Å². The molecule has 0 unspecified atom stereocenters. The Kier molecular flexibility index (Phi) is 6.94. The highest BCUT2D eigenvalue weighted by Gasteiger charge is 2.07. The number of unbranched alkanes of at least 4 members (excludes halogenated alkanes) is 5. The number of aryl methyl sites for hydroxylation is 2. The molecule has 1 rings (SSSR count). The van der Waals surface area contributed by atoms with Crippen LogP contribution < -0.4 is 5.32 Å². The number of aromatic nitrogens is 1. The van der Waals surface area contributed by atoms with E-state index in [2.05, 4.69) is 17.2 Å². The van der Waals surface area contributed by atoms with Crippen molar-refractivity contribution in [2.45, 2.75) is 65.7 Å². The molecule has 1 amide bonds. The van der Waals surface area contributed by atoms with Crippen molar-refractivity contribution in [2.24, 2.45) is 0 Å². The first-order valence-electron chi connectivity index (χ1n) is 6.87. The average molecular weight is 268 g/mol. The van der Waals surface area contributed by atoms with Crippen molar-refractivity contribution in [1.29, 1.82) is 0 Å². The summed E-state index contributed by atoms with van der Waals surface area (Å²) in [5.41, 5.74) is 1.01. The Morgan fingerprint density at radius 1 is 1.17 bits per heavy atom. The molecule has 0 fully saturated rings. The summed E-state index contributed by atoms with van der Waals surface area (Å²) in [6.45, 7) is 6.21. The van der Waals surface area contributed by atoms with Crippen LogP contribution >= 0.6 is 11.3 Å². The van der Waals surface area contributed by atoms with Gasteiger partial charge in [0, 0.05) is 11.3 Å². The SMILES string of the molecule is CCCCCCCCC(=O)Nc1nc(C)c(C)s1. The van der Waals surface area contributed by atoms with Gasteiger partial charge in [0.15, 0.2) is 5.13 Å². The zero-order valence-corrected chi connectivity index (χ0v) is 12.5. The van der Waals surface area contributed by atoms with Gasteiger partial charge in [0.25, 0.3) is 0 Å². The van der Waals surface area contributed by atoms with Gasteiger partial charge in [-0.3, -0.25) is 4.79 Å². The molecule has 0 aliphatic rings. The lowest BCUT2D eigenvalue weighted by molar-refractivity contribution is -0.116. The molecule has 0 saturated heterocycles. The lowest BCUT2D eigenvalue weighted by atomic mass is 10.1. The molecule has 0 saturated carbocycles. The topological polar surface area (TPSA) is 42.0 Å². The highest BCUT2D eigenvalue weighted by Crippen LogP contribution is 2.21. The molecule has 3 nitrogen and oxygen atoms in total. The number of carbonyl (C=O) groups is 1. The number of amides is 1. The molecule has 0 atom stereocenters. The molecule has 0 aliphatic carbocycles. The first-order valence-corrected chi connectivity index (χ1v) is 7.69. The number of nitrogens with one attached hydrogen (secondary N) is 1. The molecule has 0 aliphatic heterocycles. The van der Waals surface area contributed by atoms with E-state index in [9.17, 15) is 4.79 Å². The maximum absolute atomic E-state index is 11.7. The van der Waals surface area contributed by atoms with Crippen molar-refractivity contribution < 1.29 is 4.79 Å². The van der Waals surface area contributed by atoms with Gasteiger partial charge < -0.3 is 5.32 Å². The normalized spacial score (nSPS) is 10.6. The molecule has 4 heteroatoms. The van der Waals surface area contributed by atoms with Crippen LogP contribution in [-0.2, 0) is 4.79 Å². The number of hydrogen-bond acceptors (Lipinski definition) is 3. The van der Waals surface area contributed by atoms with Gasteiger partial charge in [-0.1, -0.05) is 39.0 Å². The van der Waals surface area contributed by atoms with Crippen molar-refractivity contribution in [3.63, 3.8) is 0 Å². The molecular formula is C14H24N2OS. The average Bonchev–Trinajstić information content (AvgIpc) is 2.62. The highest BCUT2D eigenvalue weighted by molar-refractivity contribution is 7.15. The molecule has 0 radical (unpaired) electrons. The summed E-state index contributed by atoms with van der Waals surface area (Å²) in [4.78, 5) is 17.2. The van der Waals surface area contributed by atoms with E-state index in [0.29, 0.717) is 6.42 Å². The van der Waals surface area contributed by atoms with Crippen LogP contribution in [0.1, 0.15) is 62.4 Å². The first-order chi connectivity index (χ1) is 8.63. The van der Waals surface area contributed by atoms with Crippen LogP contribution in [-0.4, -0.2) is 10.9 Å². The second kappa shape index (κ2) is 8.25. The first kappa shape index (κ1) is 15.2. The van der Waals surface area contributed by atoms with E-state index >= 15 is 0 Å². The van der Waals surface area contributed by atoms with Crippen molar-refractivity contribution in [3.05, 3.63) is 10.6 Å². The van der Waals surface area contributed by atoms with Gasteiger partial charge in [-0.15, -0.1) is 11.3 Å². The smallest absolute Gasteiger partial charge is 0.226 e. The Morgan fingerprint density at radius 2 is 1.83 bits per heavy atom. The van der Waals surface area contributed by atoms with Crippen LogP contribution in [0.2, 0.25) is 0 Å². The van der Waals surface area contributed by atoms with E-state index in [1.807, 2.05) is 13.8 Å². The van der Waals surface area contributed by atoms with E-state index in [0.717, 1.165) is 23.7 Å². The molecular weight excluding hydrogens is 244 g/mol. The highest BCUT2D eigenvalue weighted by atomic mass is 32.1. The Hall–Kier alpha value is -0.900. The van der Waals surface area contributed by atoms with Gasteiger partial charge in [0.1, 0.15) is 0 Å². The molecule has 102 valence electrons. The van der Waals surface area contributed by atoms with E-state index in [1.54, 1.807) is 11.3 Å². The van der Waals surface area contributed by atoms with Crippen LogP contribution in [0.5, 0.6) is 0 Å². The number of carbonyl (C=O) groups excluding carboxylic acids is 1. The molecule has 1 N–H and O–H groups in total. The molecule has 0 bridgehead atoms. The molecule has 1 heterocycles. The summed E-state index contributed by atoms with van der Waals surface area (Å²) in [5.74, 6) is 0.0965. The summed E-state index contributed by atoms with van der Waals surface area (Å²) >= 11 is 1.55. The van der Waals surface area contributed by atoms with Gasteiger partial charge in [-0.05, 0) is 20.3 Å². The number of rotatable bonds is 8. The minimum Gasteiger partial charge on any atom is -0.302 e. The Morgan fingerprint density at radius 3 is 2.44 bits per heavy atom. The standard InChI is InChI=1S/C14H24N2OS/c1-4-5-6-7-8-9-10-13(17)16-14-15-11(2)12(3)18-14/h4-10H2,1-3H3,(H,15,16,17). The fraction of sp³-hybridized carbons (Fsp3) is 0.714. The number of nitrogens with zero attached hydrogens (tertiary/aromatic N) is 1. The van der Waals surface area contributed by atoms with Crippen molar-refractivity contribution >= 4 is 22.4 Å². The van der Waals surface area contributed by atoms with E-state index < -0.39 is 0 Å². The lowest BCUT2D eigenvalue weighted by Crippen LogP contribution is -2.10. The molecule has 1 aromatic rings. The van der Waals surface area contributed by atoms with Gasteiger partial charge in [0.2, 0.25) is 5.91 Å². The maximum Gasteiger partial charge on any atom is 0.226 e. The Balaban J connectivity index is 2.14. The third-order valence-corrected chi connectivity index (χ3v) is 4.02. The van der Waals surface area contributed by atoms with Gasteiger partial charge >= 0.3 is 0 Å².